The summed E-state index contributed by atoms with van der Waals surface area (Å²) >= 11 is 0. The van der Waals surface area contributed by atoms with Crippen LogP contribution in [0.2, 0.25) is 0 Å². The SMILES string of the molecule is CCCC/C=C\CCCCCCCC(=O)OC(CO)COP(=O)(O)OCC(COC(=O)CCCCCCC/C=C\CCCCCCCC)OC(=O)CCCCCCCCCCC/C=C\C/C=C\CCCCC. The van der Waals surface area contributed by atoms with Crippen molar-refractivity contribution in [3.8, 4) is 0 Å². The first kappa shape index (κ1) is 69.4. The lowest BCUT2D eigenvalue weighted by Crippen LogP contribution is -2.30. The van der Waals surface area contributed by atoms with Gasteiger partial charge in [-0.05, 0) is 96.3 Å². The van der Waals surface area contributed by atoms with Crippen molar-refractivity contribution in [1.29, 1.82) is 0 Å². The maximum atomic E-state index is 12.9. The molecule has 0 saturated carbocycles. The van der Waals surface area contributed by atoms with E-state index in [1.54, 1.807) is 0 Å². The second-order valence-corrected chi connectivity index (χ2v) is 21.3. The number of aliphatic hydroxyl groups is 1. The zero-order valence-corrected chi connectivity index (χ0v) is 47.3. The van der Waals surface area contributed by atoms with Gasteiger partial charge in [-0.1, -0.05) is 211 Å². The van der Waals surface area contributed by atoms with Crippen LogP contribution in [0.25, 0.3) is 0 Å². The van der Waals surface area contributed by atoms with Crippen molar-refractivity contribution in [3.63, 3.8) is 0 Å². The Hall–Kier alpha value is -2.56. The predicted octanol–water partition coefficient (Wildman–Crippen LogP) is 17.4. The molecule has 0 aliphatic heterocycles. The molecule has 0 heterocycles. The number of hydrogen-bond acceptors (Lipinski definition) is 10. The van der Waals surface area contributed by atoms with Crippen molar-refractivity contribution in [2.75, 3.05) is 26.4 Å². The Balaban J connectivity index is 4.72. The minimum absolute atomic E-state index is 0.162. The fourth-order valence-corrected chi connectivity index (χ4v) is 8.91. The normalized spacial score (nSPS) is 13.7. The Kier molecular flexibility index (Phi) is 52.7. The summed E-state index contributed by atoms with van der Waals surface area (Å²) in [5.41, 5.74) is 0. The van der Waals surface area contributed by atoms with Crippen molar-refractivity contribution in [3.05, 3.63) is 48.6 Å². The van der Waals surface area contributed by atoms with Gasteiger partial charge in [-0.3, -0.25) is 23.4 Å². The topological polar surface area (TPSA) is 155 Å². The number of phosphoric ester groups is 1. The first-order valence-corrected chi connectivity index (χ1v) is 31.0. The molecule has 0 fully saturated rings. The third kappa shape index (κ3) is 52.3. The zero-order chi connectivity index (χ0) is 52.7. The summed E-state index contributed by atoms with van der Waals surface area (Å²) in [7, 11) is -4.75. The van der Waals surface area contributed by atoms with E-state index in [-0.39, 0.29) is 25.9 Å². The molecule has 420 valence electrons. The molecule has 0 aromatic rings. The van der Waals surface area contributed by atoms with Crippen molar-refractivity contribution >= 4 is 25.7 Å². The highest BCUT2D eigenvalue weighted by molar-refractivity contribution is 7.47. The zero-order valence-electron chi connectivity index (χ0n) is 46.4. The van der Waals surface area contributed by atoms with E-state index in [9.17, 15) is 28.9 Å². The molecule has 0 aromatic heterocycles. The van der Waals surface area contributed by atoms with Gasteiger partial charge in [0.05, 0.1) is 19.8 Å². The summed E-state index contributed by atoms with van der Waals surface area (Å²) < 4.78 is 39.5. The number of aliphatic hydroxyl groups excluding tert-OH is 1. The van der Waals surface area contributed by atoms with Crippen LogP contribution in [0.4, 0.5) is 0 Å². The number of rotatable bonds is 55. The molecule has 2 N–H and O–H groups in total. The first-order valence-electron chi connectivity index (χ1n) is 29.5. The molecule has 12 heteroatoms. The third-order valence-electron chi connectivity index (χ3n) is 12.7. The second-order valence-electron chi connectivity index (χ2n) is 19.8. The van der Waals surface area contributed by atoms with Crippen molar-refractivity contribution < 1.29 is 52.2 Å². The molecule has 0 aliphatic rings. The lowest BCUT2D eigenvalue weighted by atomic mass is 10.1. The average Bonchev–Trinajstić information content (AvgIpc) is 3.37. The summed E-state index contributed by atoms with van der Waals surface area (Å²) in [5, 5.41) is 9.79. The van der Waals surface area contributed by atoms with E-state index in [0.29, 0.717) is 19.3 Å². The van der Waals surface area contributed by atoms with Crippen LogP contribution in [-0.2, 0) is 42.2 Å². The van der Waals surface area contributed by atoms with Crippen LogP contribution < -0.4 is 0 Å². The Morgan fingerprint density at radius 2 is 0.694 bits per heavy atom. The van der Waals surface area contributed by atoms with Crippen LogP contribution in [0.5, 0.6) is 0 Å². The van der Waals surface area contributed by atoms with Crippen LogP contribution in [-0.4, -0.2) is 66.5 Å². The van der Waals surface area contributed by atoms with Crippen LogP contribution >= 0.6 is 7.82 Å². The monoisotopic (exact) mass is 1040 g/mol. The largest absolute Gasteiger partial charge is 0.472 e. The maximum absolute atomic E-state index is 12.9. The minimum Gasteiger partial charge on any atom is -0.462 e. The lowest BCUT2D eigenvalue weighted by Gasteiger charge is -2.21. The quantitative estimate of drug-likeness (QED) is 0.0197. The van der Waals surface area contributed by atoms with Crippen LogP contribution in [0.1, 0.15) is 278 Å². The number of allylic oxidation sites excluding steroid dienone is 8. The van der Waals surface area contributed by atoms with E-state index < -0.39 is 57.8 Å². The molecule has 0 aliphatic carbocycles. The Labute approximate surface area is 441 Å². The average molecular weight is 1040 g/mol. The molecular formula is C60H109O11P. The van der Waals surface area contributed by atoms with Gasteiger partial charge < -0.3 is 24.2 Å². The van der Waals surface area contributed by atoms with E-state index in [4.69, 9.17) is 23.3 Å². The highest BCUT2D eigenvalue weighted by Crippen LogP contribution is 2.43. The molecule has 0 saturated heterocycles. The van der Waals surface area contributed by atoms with Crippen molar-refractivity contribution in [2.24, 2.45) is 0 Å². The van der Waals surface area contributed by atoms with Crippen molar-refractivity contribution in [2.45, 2.75) is 290 Å². The maximum Gasteiger partial charge on any atom is 0.472 e. The molecule has 0 radical (unpaired) electrons. The van der Waals surface area contributed by atoms with Gasteiger partial charge in [0.1, 0.15) is 12.7 Å². The molecule has 0 bridgehead atoms. The minimum atomic E-state index is -4.75. The summed E-state index contributed by atoms with van der Waals surface area (Å²) in [4.78, 5) is 48.5. The van der Waals surface area contributed by atoms with Crippen LogP contribution in [0, 0.1) is 0 Å². The molecule has 0 rings (SSSR count). The second kappa shape index (κ2) is 54.7. The van der Waals surface area contributed by atoms with Gasteiger partial charge in [-0.25, -0.2) is 4.57 Å². The molecule has 3 atom stereocenters. The fraction of sp³-hybridized carbons (Fsp3) is 0.817. The standard InChI is InChI=1S/C60H109O11P/c1-4-7-10-13-16-19-22-24-26-27-28-29-31-33-36-39-42-45-48-51-60(64)71-57(53-67-58(62)49-46-43-40-37-35-32-30-25-23-20-17-14-11-8-5-2)55-69-72(65,66)68-54-56(52-61)70-59(63)50-47-44-41-38-34-21-18-15-12-9-6-3/h15-16,18-19,24-26,30,56-57,61H,4-14,17,20-23,27-29,31-55H2,1-3H3,(H,65,66)/b18-15-,19-16-,26-24-,30-25-. The van der Waals surface area contributed by atoms with Gasteiger partial charge >= 0.3 is 25.7 Å². The smallest absolute Gasteiger partial charge is 0.462 e. The fourth-order valence-electron chi connectivity index (χ4n) is 8.13. The molecular weight excluding hydrogens is 928 g/mol. The summed E-state index contributed by atoms with van der Waals surface area (Å²) in [6, 6.07) is 0. The van der Waals surface area contributed by atoms with Crippen LogP contribution in [0.3, 0.4) is 0 Å². The van der Waals surface area contributed by atoms with E-state index >= 15 is 0 Å². The summed E-state index contributed by atoms with van der Waals surface area (Å²) in [5.74, 6) is -1.48. The van der Waals surface area contributed by atoms with Gasteiger partial charge in [0.25, 0.3) is 0 Å². The Morgan fingerprint density at radius 3 is 1.11 bits per heavy atom. The Morgan fingerprint density at radius 1 is 0.389 bits per heavy atom. The molecule has 3 unspecified atom stereocenters. The van der Waals surface area contributed by atoms with Crippen LogP contribution in [0.15, 0.2) is 48.6 Å². The number of esters is 3. The molecule has 11 nitrogen and oxygen atoms in total. The third-order valence-corrected chi connectivity index (χ3v) is 13.6. The number of carbonyl (C=O) groups excluding carboxylic acids is 3. The number of unbranched alkanes of at least 4 members (excludes halogenated alkanes) is 30. The van der Waals surface area contributed by atoms with E-state index in [1.807, 2.05) is 0 Å². The van der Waals surface area contributed by atoms with E-state index in [1.165, 1.54) is 109 Å². The molecule has 0 aromatic carbocycles. The number of hydrogen-bond donors (Lipinski definition) is 2. The molecule has 0 spiro atoms. The predicted molar refractivity (Wildman–Crippen MR) is 298 cm³/mol. The molecule has 0 amide bonds. The summed E-state index contributed by atoms with van der Waals surface area (Å²) in [6.07, 6.45) is 57.8. The van der Waals surface area contributed by atoms with Crippen molar-refractivity contribution in [1.82, 2.24) is 0 Å². The highest BCUT2D eigenvalue weighted by Gasteiger charge is 2.28. The Bertz CT molecular complexity index is 1400. The highest BCUT2D eigenvalue weighted by atomic mass is 31.2. The first-order chi connectivity index (χ1) is 35.2. The number of phosphoric acid groups is 1. The van der Waals surface area contributed by atoms with Gasteiger partial charge in [0, 0.05) is 19.3 Å². The van der Waals surface area contributed by atoms with Gasteiger partial charge in [0.2, 0.25) is 0 Å². The summed E-state index contributed by atoms with van der Waals surface area (Å²) in [6.45, 7) is 4.58. The lowest BCUT2D eigenvalue weighted by molar-refractivity contribution is -0.161. The van der Waals surface area contributed by atoms with E-state index in [0.717, 1.165) is 109 Å². The van der Waals surface area contributed by atoms with E-state index in [2.05, 4.69) is 69.4 Å². The number of carbonyl (C=O) groups is 3. The van der Waals surface area contributed by atoms with Gasteiger partial charge in [-0.2, -0.15) is 0 Å². The van der Waals surface area contributed by atoms with Gasteiger partial charge in [-0.15, -0.1) is 0 Å². The number of ether oxygens (including phenoxy) is 3. The molecule has 72 heavy (non-hydrogen) atoms. The van der Waals surface area contributed by atoms with Gasteiger partial charge in [0.15, 0.2) is 6.10 Å².